The lowest BCUT2D eigenvalue weighted by atomic mass is 9.60. The van der Waals surface area contributed by atoms with Crippen LogP contribution >= 0.6 is 0 Å². The average molecular weight is 218 g/mol. The van der Waals surface area contributed by atoms with E-state index >= 15 is 0 Å². The van der Waals surface area contributed by atoms with Gasteiger partial charge in [-0.1, -0.05) is 6.42 Å². The summed E-state index contributed by atoms with van der Waals surface area (Å²) in [4.78, 5) is 14.6. The SMILES string of the molecule is O=[N+]([O-])c1cnc2c(c1)CCC1(CCC1)C2. The summed E-state index contributed by atoms with van der Waals surface area (Å²) < 4.78 is 0. The highest BCUT2D eigenvalue weighted by Gasteiger charge is 2.40. The van der Waals surface area contributed by atoms with Crippen LogP contribution in [0.4, 0.5) is 5.69 Å². The number of pyridine rings is 1. The monoisotopic (exact) mass is 218 g/mol. The summed E-state index contributed by atoms with van der Waals surface area (Å²) in [6, 6.07) is 1.70. The van der Waals surface area contributed by atoms with Crippen molar-refractivity contribution in [1.82, 2.24) is 4.98 Å². The van der Waals surface area contributed by atoms with Gasteiger partial charge in [-0.3, -0.25) is 15.1 Å². The molecule has 0 aromatic carbocycles. The van der Waals surface area contributed by atoms with E-state index in [-0.39, 0.29) is 10.6 Å². The fraction of sp³-hybridized carbons (Fsp3) is 0.583. The lowest BCUT2D eigenvalue weighted by Gasteiger charge is -2.45. The van der Waals surface area contributed by atoms with Gasteiger partial charge in [0.25, 0.3) is 5.69 Å². The fourth-order valence-corrected chi connectivity index (χ4v) is 2.95. The first-order valence-corrected chi connectivity index (χ1v) is 5.81. The van der Waals surface area contributed by atoms with E-state index in [1.165, 1.54) is 31.9 Å². The molecular formula is C12H14N2O2. The van der Waals surface area contributed by atoms with Gasteiger partial charge >= 0.3 is 0 Å². The van der Waals surface area contributed by atoms with Crippen LogP contribution in [0.3, 0.4) is 0 Å². The molecule has 0 N–H and O–H groups in total. The van der Waals surface area contributed by atoms with Gasteiger partial charge in [0.15, 0.2) is 0 Å². The standard InChI is InChI=1S/C12H14N2O2/c15-14(16)10-6-9-2-5-12(3-1-4-12)7-11(9)13-8-10/h6,8H,1-5,7H2. The van der Waals surface area contributed by atoms with E-state index < -0.39 is 0 Å². The summed E-state index contributed by atoms with van der Waals surface area (Å²) in [5.74, 6) is 0. The predicted molar refractivity (Wildman–Crippen MR) is 59.2 cm³/mol. The molecule has 0 bridgehead atoms. The molecule has 0 atom stereocenters. The van der Waals surface area contributed by atoms with Gasteiger partial charge in [-0.15, -0.1) is 0 Å². The molecule has 0 aliphatic heterocycles. The van der Waals surface area contributed by atoms with Crippen molar-refractivity contribution >= 4 is 5.69 Å². The molecule has 1 fully saturated rings. The topological polar surface area (TPSA) is 56.0 Å². The van der Waals surface area contributed by atoms with Crippen LogP contribution in [-0.2, 0) is 12.8 Å². The molecule has 4 nitrogen and oxygen atoms in total. The second-order valence-corrected chi connectivity index (χ2v) is 5.09. The van der Waals surface area contributed by atoms with Crippen molar-refractivity contribution in [2.24, 2.45) is 5.41 Å². The van der Waals surface area contributed by atoms with Crippen molar-refractivity contribution in [2.75, 3.05) is 0 Å². The third-order valence-corrected chi connectivity index (χ3v) is 4.14. The average Bonchev–Trinajstić information content (AvgIpc) is 2.25. The molecule has 1 saturated carbocycles. The normalized spacial score (nSPS) is 21.2. The Morgan fingerprint density at radius 2 is 2.19 bits per heavy atom. The molecule has 0 saturated heterocycles. The number of nitrogens with zero attached hydrogens (tertiary/aromatic N) is 2. The second-order valence-electron chi connectivity index (χ2n) is 5.09. The molecule has 1 aromatic heterocycles. The number of hydrogen-bond donors (Lipinski definition) is 0. The van der Waals surface area contributed by atoms with E-state index in [2.05, 4.69) is 4.98 Å². The Morgan fingerprint density at radius 1 is 1.38 bits per heavy atom. The van der Waals surface area contributed by atoms with Crippen molar-refractivity contribution < 1.29 is 4.92 Å². The lowest BCUT2D eigenvalue weighted by molar-refractivity contribution is -0.385. The van der Waals surface area contributed by atoms with E-state index in [1.54, 1.807) is 6.07 Å². The molecule has 1 spiro atoms. The van der Waals surface area contributed by atoms with Gasteiger partial charge in [-0.2, -0.15) is 0 Å². The molecule has 0 amide bonds. The van der Waals surface area contributed by atoms with Crippen molar-refractivity contribution in [2.45, 2.75) is 38.5 Å². The van der Waals surface area contributed by atoms with Gasteiger partial charge in [0.1, 0.15) is 6.20 Å². The van der Waals surface area contributed by atoms with Crippen LogP contribution in [0.15, 0.2) is 12.3 Å². The Bertz CT molecular complexity index is 452. The molecular weight excluding hydrogens is 204 g/mol. The molecule has 1 aromatic rings. The minimum Gasteiger partial charge on any atom is -0.258 e. The molecule has 3 rings (SSSR count). The van der Waals surface area contributed by atoms with Crippen LogP contribution in [0.1, 0.15) is 36.9 Å². The van der Waals surface area contributed by atoms with Crippen LogP contribution in [-0.4, -0.2) is 9.91 Å². The van der Waals surface area contributed by atoms with Crippen LogP contribution in [0.5, 0.6) is 0 Å². The summed E-state index contributed by atoms with van der Waals surface area (Å²) >= 11 is 0. The minimum absolute atomic E-state index is 0.128. The van der Waals surface area contributed by atoms with Gasteiger partial charge in [0, 0.05) is 11.8 Å². The smallest absolute Gasteiger partial charge is 0.258 e. The fourth-order valence-electron chi connectivity index (χ4n) is 2.95. The predicted octanol–water partition coefficient (Wildman–Crippen LogP) is 2.65. The third-order valence-electron chi connectivity index (χ3n) is 4.14. The van der Waals surface area contributed by atoms with Gasteiger partial charge in [-0.25, -0.2) is 0 Å². The van der Waals surface area contributed by atoms with Crippen LogP contribution in [0.25, 0.3) is 0 Å². The molecule has 16 heavy (non-hydrogen) atoms. The Labute approximate surface area is 93.8 Å². The number of aryl methyl sites for hydroxylation is 1. The highest BCUT2D eigenvalue weighted by molar-refractivity contribution is 5.36. The maximum Gasteiger partial charge on any atom is 0.287 e. The second kappa shape index (κ2) is 3.27. The van der Waals surface area contributed by atoms with E-state index in [1.807, 2.05) is 0 Å². The Morgan fingerprint density at radius 3 is 2.81 bits per heavy atom. The third kappa shape index (κ3) is 1.40. The summed E-state index contributed by atoms with van der Waals surface area (Å²) in [5.41, 5.74) is 2.81. The van der Waals surface area contributed by atoms with E-state index in [9.17, 15) is 10.1 Å². The molecule has 0 unspecified atom stereocenters. The van der Waals surface area contributed by atoms with Gasteiger partial charge in [0.2, 0.25) is 0 Å². The van der Waals surface area contributed by atoms with Gasteiger partial charge in [0.05, 0.1) is 4.92 Å². The Balaban J connectivity index is 1.92. The molecule has 2 aliphatic rings. The molecule has 0 radical (unpaired) electrons. The van der Waals surface area contributed by atoms with Gasteiger partial charge in [-0.05, 0) is 43.1 Å². The molecule has 2 aliphatic carbocycles. The van der Waals surface area contributed by atoms with Gasteiger partial charge < -0.3 is 0 Å². The summed E-state index contributed by atoms with van der Waals surface area (Å²) in [6.45, 7) is 0. The zero-order valence-electron chi connectivity index (χ0n) is 9.11. The molecule has 84 valence electrons. The van der Waals surface area contributed by atoms with Crippen molar-refractivity contribution in [3.05, 3.63) is 33.6 Å². The zero-order chi connectivity index (χ0) is 11.2. The van der Waals surface area contributed by atoms with Crippen LogP contribution < -0.4 is 0 Å². The van der Waals surface area contributed by atoms with E-state index in [4.69, 9.17) is 0 Å². The highest BCUT2D eigenvalue weighted by Crippen LogP contribution is 2.49. The van der Waals surface area contributed by atoms with Crippen molar-refractivity contribution in [3.8, 4) is 0 Å². The van der Waals surface area contributed by atoms with E-state index in [0.29, 0.717) is 5.41 Å². The number of nitro groups is 1. The minimum atomic E-state index is -0.360. The van der Waals surface area contributed by atoms with E-state index in [0.717, 1.165) is 24.1 Å². The number of rotatable bonds is 1. The number of hydrogen-bond acceptors (Lipinski definition) is 3. The van der Waals surface area contributed by atoms with Crippen molar-refractivity contribution in [3.63, 3.8) is 0 Å². The number of fused-ring (bicyclic) bond motifs is 1. The zero-order valence-corrected chi connectivity index (χ0v) is 9.11. The van der Waals surface area contributed by atoms with Crippen LogP contribution in [0.2, 0.25) is 0 Å². The highest BCUT2D eigenvalue weighted by atomic mass is 16.6. The summed E-state index contributed by atoms with van der Waals surface area (Å²) in [7, 11) is 0. The Kier molecular flexibility index (Phi) is 1.99. The lowest BCUT2D eigenvalue weighted by Crippen LogP contribution is -2.35. The summed E-state index contributed by atoms with van der Waals surface area (Å²) in [5, 5.41) is 10.6. The number of aromatic nitrogens is 1. The van der Waals surface area contributed by atoms with Crippen molar-refractivity contribution in [1.29, 1.82) is 0 Å². The Hall–Kier alpha value is -1.45. The van der Waals surface area contributed by atoms with Crippen LogP contribution in [0, 0.1) is 15.5 Å². The first kappa shape index (κ1) is 9.75. The first-order valence-electron chi connectivity index (χ1n) is 5.81. The largest absolute Gasteiger partial charge is 0.287 e. The molecule has 4 heteroatoms. The quantitative estimate of drug-likeness (QED) is 0.537. The summed E-state index contributed by atoms with van der Waals surface area (Å²) in [6.07, 6.45) is 8.53. The molecule has 1 heterocycles. The maximum absolute atomic E-state index is 10.6. The first-order chi connectivity index (χ1) is 7.69. The maximum atomic E-state index is 10.6.